The molecule has 0 aliphatic heterocycles. The molecule has 1 aromatic carbocycles. The Morgan fingerprint density at radius 1 is 1.34 bits per heavy atom. The average Bonchev–Trinajstić information content (AvgIpc) is 3.08. The highest BCUT2D eigenvalue weighted by atomic mass is 19.1. The lowest BCUT2D eigenvalue weighted by Crippen LogP contribution is -2.42. The maximum Gasteiger partial charge on any atom is 0.109 e. The molecule has 2 fully saturated rings. The number of allylic oxidation sites excluding steroid dienone is 2. The van der Waals surface area contributed by atoms with Crippen LogP contribution in [0.25, 0.3) is 0 Å². The van der Waals surface area contributed by atoms with Gasteiger partial charge in [-0.1, -0.05) is 38.1 Å². The molecule has 2 aliphatic carbocycles. The van der Waals surface area contributed by atoms with E-state index in [1.807, 2.05) is 0 Å². The van der Waals surface area contributed by atoms with Crippen LogP contribution < -0.4 is 4.90 Å². The Morgan fingerprint density at radius 3 is 2.72 bits per heavy atom. The molecule has 158 valence electrons. The van der Waals surface area contributed by atoms with Gasteiger partial charge in [0, 0.05) is 23.8 Å². The van der Waals surface area contributed by atoms with Gasteiger partial charge in [0.05, 0.1) is 6.54 Å². The third-order valence-electron chi connectivity index (χ3n) is 7.05. The summed E-state index contributed by atoms with van der Waals surface area (Å²) in [5.74, 6) is 0.835. The van der Waals surface area contributed by atoms with E-state index in [0.29, 0.717) is 25.3 Å². The van der Waals surface area contributed by atoms with Gasteiger partial charge in [0.25, 0.3) is 0 Å². The lowest BCUT2D eigenvalue weighted by Gasteiger charge is -2.44. The fourth-order valence-electron chi connectivity index (χ4n) is 5.46. The van der Waals surface area contributed by atoms with E-state index in [-0.39, 0.29) is 11.3 Å². The fourth-order valence-corrected chi connectivity index (χ4v) is 5.46. The summed E-state index contributed by atoms with van der Waals surface area (Å²) in [4.78, 5) is 6.40. The first kappa shape index (κ1) is 21.8. The molecule has 0 radical (unpaired) electrons. The first-order valence-corrected chi connectivity index (χ1v) is 11.1. The molecular formula is C26H37FN2. The molecule has 0 saturated heterocycles. The Bertz CT molecular complexity index is 745. The third kappa shape index (κ3) is 4.99. The summed E-state index contributed by atoms with van der Waals surface area (Å²) in [6.07, 6.45) is 9.40. The molecule has 0 amide bonds. The van der Waals surface area contributed by atoms with Crippen molar-refractivity contribution in [3.63, 3.8) is 0 Å². The highest BCUT2D eigenvalue weighted by Crippen LogP contribution is 2.49. The third-order valence-corrected chi connectivity index (χ3v) is 7.05. The van der Waals surface area contributed by atoms with E-state index in [1.165, 1.54) is 32.1 Å². The van der Waals surface area contributed by atoms with E-state index < -0.39 is 5.67 Å². The Balaban J connectivity index is 1.80. The molecule has 0 bridgehead atoms. The number of aliphatic imine (C=N–C) groups is 1. The number of halogens is 1. The molecule has 2 saturated carbocycles. The van der Waals surface area contributed by atoms with E-state index in [9.17, 15) is 4.39 Å². The van der Waals surface area contributed by atoms with Crippen LogP contribution in [0.4, 0.5) is 10.1 Å². The number of hydrogen-bond acceptors (Lipinski definition) is 2. The number of nitrogens with zero attached hydrogens (tertiary/aromatic N) is 2. The zero-order chi connectivity index (χ0) is 21.1. The molecule has 2 atom stereocenters. The van der Waals surface area contributed by atoms with Gasteiger partial charge in [-0.2, -0.15) is 0 Å². The molecule has 3 rings (SSSR count). The largest absolute Gasteiger partial charge is 0.345 e. The SMILES string of the molecule is C=CC1(CCC)CCC(CN(C(=C)C2CC(C)(F)C2)c2cccc(CN=C)c2)C1. The summed E-state index contributed by atoms with van der Waals surface area (Å²) in [6.45, 7) is 17.7. The quantitative estimate of drug-likeness (QED) is 0.304. The molecule has 2 unspecified atom stereocenters. The zero-order valence-electron chi connectivity index (χ0n) is 18.3. The van der Waals surface area contributed by atoms with Crippen LogP contribution in [0.2, 0.25) is 0 Å². The number of hydrogen-bond donors (Lipinski definition) is 0. The van der Waals surface area contributed by atoms with Crippen molar-refractivity contribution in [1.82, 2.24) is 0 Å². The second-order valence-corrected chi connectivity index (χ2v) is 9.60. The van der Waals surface area contributed by atoms with Gasteiger partial charge in [-0.25, -0.2) is 4.39 Å². The molecule has 29 heavy (non-hydrogen) atoms. The van der Waals surface area contributed by atoms with Crippen LogP contribution in [0.1, 0.15) is 64.4 Å². The molecule has 0 heterocycles. The van der Waals surface area contributed by atoms with Crippen molar-refractivity contribution in [1.29, 1.82) is 0 Å². The lowest BCUT2D eigenvalue weighted by atomic mass is 9.71. The van der Waals surface area contributed by atoms with Crippen molar-refractivity contribution < 1.29 is 4.39 Å². The van der Waals surface area contributed by atoms with Gasteiger partial charge in [-0.15, -0.1) is 6.58 Å². The fraction of sp³-hybridized carbons (Fsp3) is 0.577. The molecular weight excluding hydrogens is 359 g/mol. The van der Waals surface area contributed by atoms with Crippen LogP contribution in [0.3, 0.4) is 0 Å². The minimum atomic E-state index is -1.04. The molecule has 0 N–H and O–H groups in total. The minimum Gasteiger partial charge on any atom is -0.345 e. The Kier molecular flexibility index (Phi) is 6.65. The number of rotatable bonds is 10. The van der Waals surface area contributed by atoms with Crippen molar-refractivity contribution in [3.05, 3.63) is 54.8 Å². The maximum absolute atomic E-state index is 14.2. The second kappa shape index (κ2) is 8.85. The van der Waals surface area contributed by atoms with Crippen LogP contribution >= 0.6 is 0 Å². The average molecular weight is 397 g/mol. The molecule has 3 heteroatoms. The van der Waals surface area contributed by atoms with E-state index in [2.05, 4.69) is 67.0 Å². The first-order valence-electron chi connectivity index (χ1n) is 11.1. The first-order chi connectivity index (χ1) is 13.8. The van der Waals surface area contributed by atoms with Gasteiger partial charge in [0.2, 0.25) is 0 Å². The predicted octanol–water partition coefficient (Wildman–Crippen LogP) is 7.12. The van der Waals surface area contributed by atoms with Gasteiger partial charge in [-0.05, 0) is 81.2 Å². The highest BCUT2D eigenvalue weighted by molar-refractivity contribution is 5.54. The van der Waals surface area contributed by atoms with Gasteiger partial charge < -0.3 is 4.90 Å². The van der Waals surface area contributed by atoms with Crippen molar-refractivity contribution in [2.24, 2.45) is 22.2 Å². The molecule has 0 aromatic heterocycles. The topological polar surface area (TPSA) is 15.6 Å². The molecule has 1 aromatic rings. The highest BCUT2D eigenvalue weighted by Gasteiger charge is 2.44. The van der Waals surface area contributed by atoms with Crippen molar-refractivity contribution in [2.75, 3.05) is 11.4 Å². The van der Waals surface area contributed by atoms with Crippen molar-refractivity contribution in [2.45, 2.75) is 71.0 Å². The number of alkyl halides is 1. The smallest absolute Gasteiger partial charge is 0.109 e. The van der Waals surface area contributed by atoms with E-state index in [0.717, 1.165) is 23.5 Å². The minimum absolute atomic E-state index is 0.229. The van der Waals surface area contributed by atoms with Crippen molar-refractivity contribution in [3.8, 4) is 0 Å². The van der Waals surface area contributed by atoms with Crippen molar-refractivity contribution >= 4 is 12.4 Å². The summed E-state index contributed by atoms with van der Waals surface area (Å²) < 4.78 is 14.2. The molecule has 2 nitrogen and oxygen atoms in total. The van der Waals surface area contributed by atoms with E-state index in [4.69, 9.17) is 0 Å². The van der Waals surface area contributed by atoms with Gasteiger partial charge >= 0.3 is 0 Å². The van der Waals surface area contributed by atoms with Crippen LogP contribution in [-0.4, -0.2) is 18.9 Å². The van der Waals surface area contributed by atoms with Gasteiger partial charge in [0.1, 0.15) is 5.67 Å². The zero-order valence-corrected chi connectivity index (χ0v) is 18.3. The van der Waals surface area contributed by atoms with Crippen LogP contribution in [-0.2, 0) is 6.54 Å². The summed E-state index contributed by atoms with van der Waals surface area (Å²) in [7, 11) is 0. The molecule has 0 spiro atoms. The van der Waals surface area contributed by atoms with Gasteiger partial charge in [-0.3, -0.25) is 4.99 Å². The summed E-state index contributed by atoms with van der Waals surface area (Å²) >= 11 is 0. The van der Waals surface area contributed by atoms with Crippen LogP contribution in [0.5, 0.6) is 0 Å². The summed E-state index contributed by atoms with van der Waals surface area (Å²) in [5, 5.41) is 0. The summed E-state index contributed by atoms with van der Waals surface area (Å²) in [5.41, 5.74) is 2.61. The predicted molar refractivity (Wildman–Crippen MR) is 123 cm³/mol. The monoisotopic (exact) mass is 396 g/mol. The Morgan fingerprint density at radius 2 is 2.10 bits per heavy atom. The number of benzene rings is 1. The summed E-state index contributed by atoms with van der Waals surface area (Å²) in [6, 6.07) is 8.50. The van der Waals surface area contributed by atoms with Gasteiger partial charge in [0.15, 0.2) is 0 Å². The number of anilines is 1. The van der Waals surface area contributed by atoms with Crippen LogP contribution in [0.15, 0.2) is 54.2 Å². The maximum atomic E-state index is 14.2. The van der Waals surface area contributed by atoms with E-state index >= 15 is 0 Å². The lowest BCUT2D eigenvalue weighted by molar-refractivity contribution is 0.0414. The Labute approximate surface area is 176 Å². The molecule has 2 aliphatic rings. The normalized spacial score (nSPS) is 31.1. The Hall–Kier alpha value is -1.90. The standard InChI is InChI=1S/C26H37FN2/c1-6-12-26(7-2)13-11-22(15-26)19-29(20(3)23-16-25(4,27)17-23)24-10-8-9-21(14-24)18-28-5/h7-10,14,22-23H,2-3,5-6,11-13,15-19H2,1,4H3. The van der Waals surface area contributed by atoms with Crippen LogP contribution in [0, 0.1) is 17.3 Å². The second-order valence-electron chi connectivity index (χ2n) is 9.60. The van der Waals surface area contributed by atoms with E-state index in [1.54, 1.807) is 6.92 Å².